The van der Waals surface area contributed by atoms with Gasteiger partial charge in [0.2, 0.25) is 0 Å². The standard InChI is InChI=1S/C16H16FNO2/c1-18(15-8-4-7-14(17)10-15)11-13-6-3-2-5-12(13)9-16(19)20/h2-8,10H,9,11H2,1H3,(H,19,20). The van der Waals surface area contributed by atoms with Crippen molar-refractivity contribution in [3.8, 4) is 0 Å². The Kier molecular flexibility index (Phi) is 4.35. The number of rotatable bonds is 5. The molecule has 0 aromatic heterocycles. The van der Waals surface area contributed by atoms with E-state index >= 15 is 0 Å². The molecule has 0 spiro atoms. The molecule has 0 aliphatic heterocycles. The van der Waals surface area contributed by atoms with E-state index in [0.29, 0.717) is 6.54 Å². The molecule has 104 valence electrons. The number of carboxylic acid groups (broad SMARTS) is 1. The molecule has 0 radical (unpaired) electrons. The van der Waals surface area contributed by atoms with Crippen LogP contribution in [0.1, 0.15) is 11.1 Å². The van der Waals surface area contributed by atoms with Crippen molar-refractivity contribution in [3.63, 3.8) is 0 Å². The summed E-state index contributed by atoms with van der Waals surface area (Å²) < 4.78 is 13.2. The Bertz CT molecular complexity index is 613. The van der Waals surface area contributed by atoms with Crippen LogP contribution in [0.5, 0.6) is 0 Å². The molecule has 0 heterocycles. The molecule has 2 aromatic rings. The number of hydrogen-bond acceptors (Lipinski definition) is 2. The van der Waals surface area contributed by atoms with Crippen molar-refractivity contribution >= 4 is 11.7 Å². The van der Waals surface area contributed by atoms with Crippen molar-refractivity contribution in [2.24, 2.45) is 0 Å². The van der Waals surface area contributed by atoms with E-state index in [0.717, 1.165) is 16.8 Å². The number of benzene rings is 2. The predicted octanol–water partition coefficient (Wildman–Crippen LogP) is 3.09. The van der Waals surface area contributed by atoms with Crippen LogP contribution in [0.25, 0.3) is 0 Å². The van der Waals surface area contributed by atoms with Gasteiger partial charge in [0.25, 0.3) is 0 Å². The molecule has 2 rings (SSSR count). The van der Waals surface area contributed by atoms with Crippen LogP contribution in [-0.2, 0) is 17.8 Å². The van der Waals surface area contributed by atoms with Crippen LogP contribution in [0, 0.1) is 5.82 Å². The maximum Gasteiger partial charge on any atom is 0.307 e. The monoisotopic (exact) mass is 273 g/mol. The Hall–Kier alpha value is -2.36. The highest BCUT2D eigenvalue weighted by Gasteiger charge is 2.09. The van der Waals surface area contributed by atoms with E-state index in [1.807, 2.05) is 42.3 Å². The van der Waals surface area contributed by atoms with Crippen LogP contribution >= 0.6 is 0 Å². The highest BCUT2D eigenvalue weighted by Crippen LogP contribution is 2.18. The van der Waals surface area contributed by atoms with Crippen LogP contribution in [0.15, 0.2) is 48.5 Å². The quantitative estimate of drug-likeness (QED) is 0.910. The van der Waals surface area contributed by atoms with Crippen LogP contribution in [0.3, 0.4) is 0 Å². The van der Waals surface area contributed by atoms with Crippen molar-refractivity contribution in [2.75, 3.05) is 11.9 Å². The fraction of sp³-hybridized carbons (Fsp3) is 0.188. The van der Waals surface area contributed by atoms with Gasteiger partial charge in [-0.2, -0.15) is 0 Å². The van der Waals surface area contributed by atoms with Gasteiger partial charge in [-0.05, 0) is 29.3 Å². The van der Waals surface area contributed by atoms with Crippen LogP contribution in [0.2, 0.25) is 0 Å². The molecule has 1 N–H and O–H groups in total. The molecule has 0 aliphatic rings. The summed E-state index contributed by atoms with van der Waals surface area (Å²) in [7, 11) is 1.85. The van der Waals surface area contributed by atoms with Gasteiger partial charge in [0.15, 0.2) is 0 Å². The number of nitrogens with zero attached hydrogens (tertiary/aromatic N) is 1. The fourth-order valence-corrected chi connectivity index (χ4v) is 2.11. The van der Waals surface area contributed by atoms with Gasteiger partial charge in [-0.1, -0.05) is 30.3 Å². The maximum atomic E-state index is 13.2. The molecule has 0 atom stereocenters. The highest BCUT2D eigenvalue weighted by molar-refractivity contribution is 5.70. The van der Waals surface area contributed by atoms with E-state index in [9.17, 15) is 9.18 Å². The third-order valence-electron chi connectivity index (χ3n) is 3.12. The lowest BCUT2D eigenvalue weighted by Crippen LogP contribution is -2.18. The van der Waals surface area contributed by atoms with Crippen LogP contribution in [0.4, 0.5) is 10.1 Å². The number of anilines is 1. The molecule has 3 nitrogen and oxygen atoms in total. The van der Waals surface area contributed by atoms with Gasteiger partial charge < -0.3 is 10.0 Å². The first kappa shape index (κ1) is 14.1. The molecule has 2 aromatic carbocycles. The average Bonchev–Trinajstić information content (AvgIpc) is 2.40. The Morgan fingerprint density at radius 3 is 2.50 bits per heavy atom. The first-order chi connectivity index (χ1) is 9.56. The largest absolute Gasteiger partial charge is 0.481 e. The van der Waals surface area contributed by atoms with Gasteiger partial charge >= 0.3 is 5.97 Å². The molecule has 0 fully saturated rings. The maximum absolute atomic E-state index is 13.2. The molecule has 0 saturated heterocycles. The van der Waals surface area contributed by atoms with Gasteiger partial charge in [0.1, 0.15) is 5.82 Å². The number of halogens is 1. The zero-order valence-electron chi connectivity index (χ0n) is 11.2. The molecule has 0 amide bonds. The van der Waals surface area contributed by atoms with E-state index in [1.165, 1.54) is 12.1 Å². The van der Waals surface area contributed by atoms with Gasteiger partial charge in [0.05, 0.1) is 6.42 Å². The summed E-state index contributed by atoms with van der Waals surface area (Å²) in [4.78, 5) is 12.8. The normalized spacial score (nSPS) is 10.3. The second-order valence-electron chi connectivity index (χ2n) is 4.68. The second-order valence-corrected chi connectivity index (χ2v) is 4.68. The summed E-state index contributed by atoms with van der Waals surface area (Å²) >= 11 is 0. The lowest BCUT2D eigenvalue weighted by molar-refractivity contribution is -0.136. The topological polar surface area (TPSA) is 40.5 Å². The van der Waals surface area contributed by atoms with E-state index in [1.54, 1.807) is 6.07 Å². The van der Waals surface area contributed by atoms with Gasteiger partial charge in [-0.3, -0.25) is 4.79 Å². The lowest BCUT2D eigenvalue weighted by Gasteiger charge is -2.21. The molecule has 4 heteroatoms. The molecule has 0 saturated carbocycles. The predicted molar refractivity (Wildman–Crippen MR) is 76.3 cm³/mol. The first-order valence-corrected chi connectivity index (χ1v) is 6.31. The van der Waals surface area contributed by atoms with Crippen molar-refractivity contribution in [1.29, 1.82) is 0 Å². The third kappa shape index (κ3) is 3.57. The van der Waals surface area contributed by atoms with Crippen LogP contribution < -0.4 is 4.90 Å². The van der Waals surface area contributed by atoms with Crippen molar-refractivity contribution in [1.82, 2.24) is 0 Å². The van der Waals surface area contributed by atoms with Crippen LogP contribution in [-0.4, -0.2) is 18.1 Å². The zero-order chi connectivity index (χ0) is 14.5. The van der Waals surface area contributed by atoms with E-state index in [4.69, 9.17) is 5.11 Å². The average molecular weight is 273 g/mol. The minimum atomic E-state index is -0.856. The molecular weight excluding hydrogens is 257 g/mol. The molecular formula is C16H16FNO2. The number of aliphatic carboxylic acids is 1. The minimum Gasteiger partial charge on any atom is -0.481 e. The Morgan fingerprint density at radius 2 is 1.85 bits per heavy atom. The zero-order valence-corrected chi connectivity index (χ0v) is 11.2. The Balaban J connectivity index is 2.19. The molecule has 20 heavy (non-hydrogen) atoms. The Morgan fingerprint density at radius 1 is 1.15 bits per heavy atom. The number of carboxylic acids is 1. The molecule has 0 bridgehead atoms. The van der Waals surface area contributed by atoms with E-state index < -0.39 is 5.97 Å². The second kappa shape index (κ2) is 6.19. The SMILES string of the molecule is CN(Cc1ccccc1CC(=O)O)c1cccc(F)c1. The van der Waals surface area contributed by atoms with Crippen molar-refractivity contribution in [3.05, 3.63) is 65.5 Å². The summed E-state index contributed by atoms with van der Waals surface area (Å²) in [5.41, 5.74) is 2.47. The highest BCUT2D eigenvalue weighted by atomic mass is 19.1. The summed E-state index contributed by atoms with van der Waals surface area (Å²) in [6, 6.07) is 13.7. The lowest BCUT2D eigenvalue weighted by atomic mass is 10.0. The summed E-state index contributed by atoms with van der Waals surface area (Å²) in [5.74, 6) is -1.14. The van der Waals surface area contributed by atoms with E-state index in [2.05, 4.69) is 0 Å². The van der Waals surface area contributed by atoms with Crippen molar-refractivity contribution in [2.45, 2.75) is 13.0 Å². The number of carbonyl (C=O) groups is 1. The summed E-state index contributed by atoms with van der Waals surface area (Å²) in [5, 5.41) is 8.92. The van der Waals surface area contributed by atoms with Crippen molar-refractivity contribution < 1.29 is 14.3 Å². The van der Waals surface area contributed by atoms with Gasteiger partial charge in [0, 0.05) is 19.3 Å². The molecule has 0 unspecified atom stereocenters. The van der Waals surface area contributed by atoms with E-state index in [-0.39, 0.29) is 12.2 Å². The Labute approximate surface area is 117 Å². The van der Waals surface area contributed by atoms with Gasteiger partial charge in [-0.25, -0.2) is 4.39 Å². The summed E-state index contributed by atoms with van der Waals surface area (Å²) in [6.07, 6.45) is -0.00678. The van der Waals surface area contributed by atoms with Gasteiger partial charge in [-0.15, -0.1) is 0 Å². The first-order valence-electron chi connectivity index (χ1n) is 6.31. The molecule has 0 aliphatic carbocycles. The fourth-order valence-electron chi connectivity index (χ4n) is 2.11. The number of hydrogen-bond donors (Lipinski definition) is 1. The minimum absolute atomic E-state index is 0.00678. The third-order valence-corrected chi connectivity index (χ3v) is 3.12. The summed E-state index contributed by atoms with van der Waals surface area (Å²) in [6.45, 7) is 0.535. The smallest absolute Gasteiger partial charge is 0.307 e.